The molecule has 3 aliphatic heterocycles. The van der Waals surface area contributed by atoms with Crippen LogP contribution in [0.25, 0.3) is 0 Å². The maximum absolute atomic E-state index is 14.2. The Kier molecular flexibility index (Phi) is 7.02. The number of nitrogens with one attached hydrogen (secondary N) is 3. The lowest BCUT2D eigenvalue weighted by atomic mass is 9.86. The Morgan fingerprint density at radius 1 is 1.14 bits per heavy atom. The molecular weight excluding hydrogens is 476 g/mol. The van der Waals surface area contributed by atoms with Gasteiger partial charge in [0.05, 0.1) is 6.04 Å². The molecule has 1 aromatic rings. The largest absolute Gasteiger partial charge is 0.389 e. The van der Waals surface area contributed by atoms with Crippen LogP contribution in [0.15, 0.2) is 30.3 Å². The summed E-state index contributed by atoms with van der Waals surface area (Å²) in [6.07, 6.45) is 3.84. The number of likely N-dealkylation sites (tertiary alicyclic amines) is 1. The molecule has 6 atom stereocenters. The molecule has 3 heterocycles. The summed E-state index contributed by atoms with van der Waals surface area (Å²) < 4.78 is 0. The second kappa shape index (κ2) is 10.2. The highest BCUT2D eigenvalue weighted by molar-refractivity contribution is 5.99. The smallest absolute Gasteiger partial charge is 0.253 e. The quantitative estimate of drug-likeness (QED) is 0.387. The van der Waals surface area contributed by atoms with Crippen LogP contribution in [0.3, 0.4) is 0 Å². The number of hydrogen-bond acceptors (Lipinski definition) is 6. The molecule has 0 bridgehead atoms. The minimum absolute atomic E-state index is 0.0477. The molecule has 4 N–H and O–H groups in total. The Morgan fingerprint density at radius 3 is 2.57 bits per heavy atom. The normalized spacial score (nSPS) is 31.5. The van der Waals surface area contributed by atoms with Crippen molar-refractivity contribution in [1.82, 2.24) is 20.9 Å². The molecule has 10 heteroatoms. The first-order valence-corrected chi connectivity index (χ1v) is 13.2. The molecule has 37 heavy (non-hydrogen) atoms. The van der Waals surface area contributed by atoms with Crippen LogP contribution in [-0.4, -0.2) is 71.2 Å². The third-order valence-corrected chi connectivity index (χ3v) is 8.68. The van der Waals surface area contributed by atoms with E-state index >= 15 is 0 Å². The molecule has 1 aliphatic carbocycles. The topological polar surface area (TPSA) is 145 Å². The van der Waals surface area contributed by atoms with Gasteiger partial charge in [-0.15, -0.1) is 0 Å². The van der Waals surface area contributed by atoms with Gasteiger partial charge in [-0.1, -0.05) is 36.8 Å². The van der Waals surface area contributed by atoms with E-state index in [-0.39, 0.29) is 42.4 Å². The van der Waals surface area contributed by atoms with E-state index in [2.05, 4.69) is 16.0 Å². The highest BCUT2D eigenvalue weighted by Crippen LogP contribution is 2.45. The van der Waals surface area contributed by atoms with Gasteiger partial charge in [0, 0.05) is 25.4 Å². The van der Waals surface area contributed by atoms with Crippen molar-refractivity contribution in [3.05, 3.63) is 35.9 Å². The zero-order chi connectivity index (χ0) is 26.2. The first-order chi connectivity index (χ1) is 17.8. The standard InChI is InChI=1S/C27H34N4O6/c32-15-21(33)20(13-16-10-12-28-24(16)35)29-25(36)23-19-8-4-5-17(19)14-31(23)26(37)27(11-9-22(34)30-27)18-6-2-1-3-7-18/h1-3,6-7,16-17,19-20,23,32H,4-5,8-15H2,(H,28,35)(H,29,36)(H,30,34)/t16-,17-,19-,20-,23-,27+/m0/s1. The van der Waals surface area contributed by atoms with Crippen molar-refractivity contribution in [3.63, 3.8) is 0 Å². The molecule has 198 valence electrons. The Balaban J connectivity index is 1.42. The predicted molar refractivity (Wildman–Crippen MR) is 132 cm³/mol. The number of benzene rings is 1. The maximum atomic E-state index is 14.2. The highest BCUT2D eigenvalue weighted by atomic mass is 16.3. The van der Waals surface area contributed by atoms with E-state index in [1.54, 1.807) is 4.90 Å². The van der Waals surface area contributed by atoms with E-state index in [1.807, 2.05) is 30.3 Å². The third kappa shape index (κ3) is 4.63. The summed E-state index contributed by atoms with van der Waals surface area (Å²) in [6.45, 7) is 0.177. The first-order valence-electron chi connectivity index (χ1n) is 13.2. The summed E-state index contributed by atoms with van der Waals surface area (Å²) in [5.74, 6) is -1.99. The van der Waals surface area contributed by atoms with Gasteiger partial charge in [-0.2, -0.15) is 0 Å². The third-order valence-electron chi connectivity index (χ3n) is 8.68. The number of aliphatic hydroxyl groups is 1. The number of Topliss-reactive ketones (excluding diaryl/α,β-unsaturated/α-hetero) is 1. The van der Waals surface area contributed by atoms with Crippen LogP contribution in [-0.2, 0) is 29.5 Å². The van der Waals surface area contributed by atoms with Gasteiger partial charge in [0.1, 0.15) is 18.2 Å². The number of nitrogens with zero attached hydrogens (tertiary/aromatic N) is 1. The van der Waals surface area contributed by atoms with Gasteiger partial charge in [0.25, 0.3) is 5.91 Å². The van der Waals surface area contributed by atoms with Gasteiger partial charge in [-0.05, 0) is 49.5 Å². The summed E-state index contributed by atoms with van der Waals surface area (Å²) in [7, 11) is 0. The number of aliphatic hydroxyl groups excluding tert-OH is 1. The van der Waals surface area contributed by atoms with E-state index < -0.39 is 41.8 Å². The lowest BCUT2D eigenvalue weighted by Gasteiger charge is -2.36. The van der Waals surface area contributed by atoms with E-state index in [9.17, 15) is 29.1 Å². The van der Waals surface area contributed by atoms with Crippen molar-refractivity contribution in [3.8, 4) is 0 Å². The Morgan fingerprint density at radius 2 is 1.92 bits per heavy atom. The van der Waals surface area contributed by atoms with Gasteiger partial charge >= 0.3 is 0 Å². The van der Waals surface area contributed by atoms with Crippen molar-refractivity contribution >= 4 is 29.4 Å². The number of hydrogen-bond donors (Lipinski definition) is 4. The molecule has 1 saturated carbocycles. The maximum Gasteiger partial charge on any atom is 0.253 e. The number of rotatable bonds is 8. The van der Waals surface area contributed by atoms with Crippen molar-refractivity contribution in [1.29, 1.82) is 0 Å². The molecule has 3 saturated heterocycles. The number of carbonyl (C=O) groups is 5. The monoisotopic (exact) mass is 510 g/mol. The van der Waals surface area contributed by atoms with Crippen molar-refractivity contribution in [2.45, 2.75) is 62.6 Å². The van der Waals surface area contributed by atoms with Crippen LogP contribution in [0.4, 0.5) is 0 Å². The SMILES string of the molecule is O=C1CC[C@](C(=O)N2C[C@@H]3CCC[C@@H]3[C@H]2C(=O)N[C@@H](C[C@@H]2CCNC2=O)C(=O)CO)(c2ccccc2)N1. The fourth-order valence-electron chi connectivity index (χ4n) is 6.78. The van der Waals surface area contributed by atoms with E-state index in [0.717, 1.165) is 19.3 Å². The van der Waals surface area contributed by atoms with Crippen LogP contribution in [0, 0.1) is 17.8 Å². The molecule has 0 unspecified atom stereocenters. The fourth-order valence-corrected chi connectivity index (χ4v) is 6.78. The number of carbonyl (C=O) groups excluding carboxylic acids is 5. The molecule has 0 radical (unpaired) electrons. The fraction of sp³-hybridized carbons (Fsp3) is 0.593. The van der Waals surface area contributed by atoms with Gasteiger partial charge in [-0.25, -0.2) is 0 Å². The minimum Gasteiger partial charge on any atom is -0.389 e. The molecule has 10 nitrogen and oxygen atoms in total. The van der Waals surface area contributed by atoms with E-state index in [1.165, 1.54) is 0 Å². The molecule has 1 aromatic carbocycles. The minimum atomic E-state index is -1.24. The lowest BCUT2D eigenvalue weighted by molar-refractivity contribution is -0.146. The van der Waals surface area contributed by atoms with Gasteiger partial charge < -0.3 is 26.0 Å². The summed E-state index contributed by atoms with van der Waals surface area (Å²) in [5, 5.41) is 18.0. The molecule has 4 fully saturated rings. The zero-order valence-electron chi connectivity index (χ0n) is 20.8. The Labute approximate surface area is 215 Å². The summed E-state index contributed by atoms with van der Waals surface area (Å²) in [4.78, 5) is 66.6. The predicted octanol–water partition coefficient (Wildman–Crippen LogP) is -0.00860. The highest BCUT2D eigenvalue weighted by Gasteiger charge is 2.56. The van der Waals surface area contributed by atoms with E-state index in [0.29, 0.717) is 31.5 Å². The summed E-state index contributed by atoms with van der Waals surface area (Å²) >= 11 is 0. The van der Waals surface area contributed by atoms with E-state index in [4.69, 9.17) is 0 Å². The Hall–Kier alpha value is -3.27. The molecule has 0 spiro atoms. The molecular formula is C27H34N4O6. The molecule has 4 amide bonds. The average molecular weight is 511 g/mol. The Bertz CT molecular complexity index is 1090. The van der Waals surface area contributed by atoms with Crippen LogP contribution in [0.2, 0.25) is 0 Å². The summed E-state index contributed by atoms with van der Waals surface area (Å²) in [5.41, 5.74) is -0.555. The van der Waals surface area contributed by atoms with Crippen LogP contribution < -0.4 is 16.0 Å². The lowest BCUT2D eigenvalue weighted by Crippen LogP contribution is -2.59. The number of amides is 4. The van der Waals surface area contributed by atoms with Gasteiger partial charge in [0.2, 0.25) is 17.7 Å². The molecule has 5 rings (SSSR count). The molecule has 0 aromatic heterocycles. The van der Waals surface area contributed by atoms with Crippen LogP contribution in [0.5, 0.6) is 0 Å². The van der Waals surface area contributed by atoms with Crippen molar-refractivity contribution in [2.75, 3.05) is 19.7 Å². The van der Waals surface area contributed by atoms with Crippen molar-refractivity contribution < 1.29 is 29.1 Å². The average Bonchev–Trinajstić information content (AvgIpc) is 3.68. The first kappa shape index (κ1) is 25.4. The molecule has 4 aliphatic rings. The number of ketones is 1. The number of fused-ring (bicyclic) bond motifs is 1. The summed E-state index contributed by atoms with van der Waals surface area (Å²) in [6, 6.07) is 7.32. The zero-order valence-corrected chi connectivity index (χ0v) is 20.8. The van der Waals surface area contributed by atoms with Crippen molar-refractivity contribution in [2.24, 2.45) is 17.8 Å². The second-order valence-corrected chi connectivity index (χ2v) is 10.8. The van der Waals surface area contributed by atoms with Crippen LogP contribution >= 0.6 is 0 Å². The van der Waals surface area contributed by atoms with Crippen LogP contribution in [0.1, 0.15) is 50.5 Å². The second-order valence-electron chi connectivity index (χ2n) is 10.8. The van der Waals surface area contributed by atoms with Gasteiger partial charge in [0.15, 0.2) is 5.78 Å². The van der Waals surface area contributed by atoms with Gasteiger partial charge in [-0.3, -0.25) is 24.0 Å².